The minimum atomic E-state index is -0.403. The lowest BCUT2D eigenvalue weighted by molar-refractivity contribution is 0.0846. The summed E-state index contributed by atoms with van der Waals surface area (Å²) in [5.41, 5.74) is 9.59. The van der Waals surface area contributed by atoms with Crippen molar-refractivity contribution < 1.29 is 9.59 Å². The molecular formula is C24H22N6O2. The third-order valence-electron chi connectivity index (χ3n) is 4.80. The second-order valence-electron chi connectivity index (χ2n) is 7.49. The molecule has 0 radical (unpaired) electrons. The summed E-state index contributed by atoms with van der Waals surface area (Å²) >= 11 is 0. The minimum Gasteiger partial charge on any atom is -0.267 e. The van der Waals surface area contributed by atoms with Crippen LogP contribution in [-0.4, -0.2) is 32.0 Å². The summed E-state index contributed by atoms with van der Waals surface area (Å²) in [6.07, 6.45) is 0. The van der Waals surface area contributed by atoms with Crippen molar-refractivity contribution in [2.75, 3.05) is 0 Å². The zero-order valence-corrected chi connectivity index (χ0v) is 17.7. The van der Waals surface area contributed by atoms with Crippen molar-refractivity contribution in [2.45, 2.75) is 20.4 Å². The number of carbonyl (C=O) groups excluding carboxylic acids is 2. The van der Waals surface area contributed by atoms with Crippen molar-refractivity contribution in [3.8, 4) is 11.4 Å². The van der Waals surface area contributed by atoms with Gasteiger partial charge < -0.3 is 0 Å². The molecule has 8 heteroatoms. The number of aromatic nitrogens is 4. The van der Waals surface area contributed by atoms with E-state index in [1.54, 1.807) is 24.3 Å². The topological polar surface area (TPSA) is 102 Å². The van der Waals surface area contributed by atoms with Gasteiger partial charge in [0.2, 0.25) is 5.82 Å². The largest absolute Gasteiger partial charge is 0.269 e. The molecule has 0 aliphatic heterocycles. The lowest BCUT2D eigenvalue weighted by atomic mass is 10.1. The Morgan fingerprint density at radius 2 is 1.44 bits per heavy atom. The van der Waals surface area contributed by atoms with Gasteiger partial charge in [-0.15, -0.1) is 10.2 Å². The number of hydrogen-bond acceptors (Lipinski definition) is 5. The van der Waals surface area contributed by atoms with Crippen LogP contribution in [0, 0.1) is 13.8 Å². The maximum absolute atomic E-state index is 12.4. The lowest BCUT2D eigenvalue weighted by Gasteiger charge is -2.09. The Balaban J connectivity index is 1.34. The van der Waals surface area contributed by atoms with E-state index in [4.69, 9.17) is 0 Å². The van der Waals surface area contributed by atoms with Gasteiger partial charge in [-0.25, -0.2) is 0 Å². The fraction of sp³-hybridized carbons (Fsp3) is 0.125. The van der Waals surface area contributed by atoms with Gasteiger partial charge in [0, 0.05) is 16.7 Å². The monoisotopic (exact) mass is 426 g/mol. The van der Waals surface area contributed by atoms with E-state index >= 15 is 0 Å². The van der Waals surface area contributed by atoms with E-state index in [2.05, 4.69) is 26.3 Å². The summed E-state index contributed by atoms with van der Waals surface area (Å²) in [7, 11) is 0. The normalized spacial score (nSPS) is 10.6. The first-order valence-corrected chi connectivity index (χ1v) is 10.1. The Morgan fingerprint density at radius 1 is 0.812 bits per heavy atom. The molecule has 32 heavy (non-hydrogen) atoms. The van der Waals surface area contributed by atoms with E-state index in [0.717, 1.165) is 22.3 Å². The Kier molecular flexibility index (Phi) is 6.03. The Bertz CT molecular complexity index is 1230. The van der Waals surface area contributed by atoms with E-state index in [1.165, 1.54) is 4.80 Å². The van der Waals surface area contributed by atoms with Crippen molar-refractivity contribution in [3.05, 3.63) is 101 Å². The quantitative estimate of drug-likeness (QED) is 0.478. The number of nitrogens with one attached hydrogen (secondary N) is 2. The average molecular weight is 426 g/mol. The molecule has 4 aromatic rings. The SMILES string of the molecule is Cc1cc(C)cc(C(=O)NNC(=O)c2ccc(Cn3nnc(-c4ccccc4)n3)cc2)c1. The zero-order chi connectivity index (χ0) is 22.5. The molecule has 1 heterocycles. The third kappa shape index (κ3) is 5.04. The van der Waals surface area contributed by atoms with Gasteiger partial charge in [0.05, 0.1) is 6.54 Å². The predicted octanol–water partition coefficient (Wildman–Crippen LogP) is 3.08. The fourth-order valence-electron chi connectivity index (χ4n) is 3.30. The molecule has 0 spiro atoms. The Hall–Kier alpha value is -4.33. The number of hydrazine groups is 1. The minimum absolute atomic E-state index is 0.367. The van der Waals surface area contributed by atoms with Crippen LogP contribution in [0.2, 0.25) is 0 Å². The molecule has 8 nitrogen and oxygen atoms in total. The maximum Gasteiger partial charge on any atom is 0.269 e. The van der Waals surface area contributed by atoms with E-state index in [9.17, 15) is 9.59 Å². The van der Waals surface area contributed by atoms with E-state index in [-0.39, 0.29) is 5.91 Å². The molecule has 2 N–H and O–H groups in total. The fourth-order valence-corrected chi connectivity index (χ4v) is 3.30. The number of tetrazole rings is 1. The smallest absolute Gasteiger partial charge is 0.267 e. The second kappa shape index (κ2) is 9.22. The number of amides is 2. The van der Waals surface area contributed by atoms with Gasteiger partial charge in [-0.05, 0) is 48.9 Å². The van der Waals surface area contributed by atoms with E-state index in [0.29, 0.717) is 23.5 Å². The molecule has 0 aliphatic rings. The summed E-state index contributed by atoms with van der Waals surface area (Å²) in [6.45, 7) is 4.26. The van der Waals surface area contributed by atoms with Crippen LogP contribution >= 0.6 is 0 Å². The highest BCUT2D eigenvalue weighted by atomic mass is 16.2. The molecular weight excluding hydrogens is 404 g/mol. The third-order valence-corrected chi connectivity index (χ3v) is 4.80. The maximum atomic E-state index is 12.4. The summed E-state index contributed by atoms with van der Waals surface area (Å²) < 4.78 is 0. The molecule has 2 amide bonds. The number of nitrogens with zero attached hydrogens (tertiary/aromatic N) is 4. The van der Waals surface area contributed by atoms with Crippen LogP contribution in [0.5, 0.6) is 0 Å². The van der Waals surface area contributed by atoms with Gasteiger partial charge in [0.25, 0.3) is 11.8 Å². The van der Waals surface area contributed by atoms with Crippen molar-refractivity contribution in [1.82, 2.24) is 31.1 Å². The van der Waals surface area contributed by atoms with E-state index in [1.807, 2.05) is 62.4 Å². The molecule has 0 fully saturated rings. The molecule has 0 saturated heterocycles. The average Bonchev–Trinajstić information content (AvgIpc) is 3.26. The number of hydrogen-bond donors (Lipinski definition) is 2. The van der Waals surface area contributed by atoms with Crippen LogP contribution in [0.15, 0.2) is 72.8 Å². The Labute approximate surface area is 185 Å². The first kappa shape index (κ1) is 20.9. The van der Waals surface area contributed by atoms with Crippen LogP contribution < -0.4 is 10.9 Å². The number of carbonyl (C=O) groups is 2. The molecule has 0 bridgehead atoms. The Morgan fingerprint density at radius 3 is 2.09 bits per heavy atom. The molecule has 160 valence electrons. The van der Waals surface area contributed by atoms with Gasteiger partial charge >= 0.3 is 0 Å². The second-order valence-corrected chi connectivity index (χ2v) is 7.49. The molecule has 0 aliphatic carbocycles. The highest BCUT2D eigenvalue weighted by Gasteiger charge is 2.11. The molecule has 0 saturated carbocycles. The lowest BCUT2D eigenvalue weighted by Crippen LogP contribution is -2.41. The van der Waals surface area contributed by atoms with E-state index < -0.39 is 5.91 Å². The zero-order valence-electron chi connectivity index (χ0n) is 17.7. The predicted molar refractivity (Wildman–Crippen MR) is 120 cm³/mol. The van der Waals surface area contributed by atoms with Crippen LogP contribution in [0.3, 0.4) is 0 Å². The van der Waals surface area contributed by atoms with Gasteiger partial charge in [-0.3, -0.25) is 20.4 Å². The summed E-state index contributed by atoms with van der Waals surface area (Å²) in [6, 6.07) is 22.1. The van der Waals surface area contributed by atoms with Crippen LogP contribution in [-0.2, 0) is 6.54 Å². The molecule has 0 unspecified atom stereocenters. The molecule has 4 rings (SSSR count). The molecule has 1 aromatic heterocycles. The van der Waals surface area contributed by atoms with Crippen LogP contribution in [0.1, 0.15) is 37.4 Å². The van der Waals surface area contributed by atoms with Gasteiger partial charge in [-0.1, -0.05) is 59.7 Å². The highest BCUT2D eigenvalue weighted by molar-refractivity contribution is 5.99. The standard InChI is InChI=1S/C24H22N6O2/c1-16-12-17(2)14-21(13-16)24(32)27-26-23(31)20-10-8-18(9-11-20)15-30-28-22(25-29-30)19-6-4-3-5-7-19/h3-14H,15H2,1-2H3,(H,26,31)(H,27,32). The van der Waals surface area contributed by atoms with Gasteiger partial charge in [0.1, 0.15) is 0 Å². The van der Waals surface area contributed by atoms with Crippen LogP contribution in [0.4, 0.5) is 0 Å². The van der Waals surface area contributed by atoms with Crippen molar-refractivity contribution in [3.63, 3.8) is 0 Å². The summed E-state index contributed by atoms with van der Waals surface area (Å²) in [5, 5.41) is 12.6. The van der Waals surface area contributed by atoms with Crippen molar-refractivity contribution in [2.24, 2.45) is 0 Å². The first-order chi connectivity index (χ1) is 15.5. The summed E-state index contributed by atoms with van der Waals surface area (Å²) in [5.74, 6) is -0.214. The number of benzene rings is 3. The first-order valence-electron chi connectivity index (χ1n) is 10.1. The van der Waals surface area contributed by atoms with Crippen molar-refractivity contribution >= 4 is 11.8 Å². The van der Waals surface area contributed by atoms with Crippen LogP contribution in [0.25, 0.3) is 11.4 Å². The number of aryl methyl sites for hydroxylation is 2. The molecule has 0 atom stereocenters. The highest BCUT2D eigenvalue weighted by Crippen LogP contribution is 2.13. The van der Waals surface area contributed by atoms with Gasteiger partial charge in [0.15, 0.2) is 0 Å². The summed E-state index contributed by atoms with van der Waals surface area (Å²) in [4.78, 5) is 26.2. The molecule has 3 aromatic carbocycles. The van der Waals surface area contributed by atoms with Gasteiger partial charge in [-0.2, -0.15) is 4.80 Å². The number of rotatable bonds is 5. The van der Waals surface area contributed by atoms with Crippen molar-refractivity contribution in [1.29, 1.82) is 0 Å².